The summed E-state index contributed by atoms with van der Waals surface area (Å²) in [5, 5.41) is 5.58. The van der Waals surface area contributed by atoms with Gasteiger partial charge in [0.25, 0.3) is 0 Å². The third-order valence-electron chi connectivity index (χ3n) is 4.58. The topological polar surface area (TPSA) is 29.3 Å². The predicted octanol–water partition coefficient (Wildman–Crippen LogP) is 5.19. The second-order valence-electron chi connectivity index (χ2n) is 6.14. The number of hydrogen-bond donors (Lipinski definition) is 1. The van der Waals surface area contributed by atoms with Gasteiger partial charge in [-0.25, -0.2) is 0 Å². The lowest BCUT2D eigenvalue weighted by Gasteiger charge is -2.08. The van der Waals surface area contributed by atoms with Crippen LogP contribution in [0.3, 0.4) is 0 Å². The van der Waals surface area contributed by atoms with Crippen molar-refractivity contribution in [3.05, 3.63) is 65.4 Å². The maximum Gasteiger partial charge on any atom is 0.416 e. The maximum absolute atomic E-state index is 12.8. The molecule has 0 saturated carbocycles. The van der Waals surface area contributed by atoms with E-state index in [2.05, 4.69) is 34.2 Å². The molecule has 0 amide bonds. The second kappa shape index (κ2) is 5.65. The molecule has 25 heavy (non-hydrogen) atoms. The molecule has 0 spiro atoms. The second-order valence-corrected chi connectivity index (χ2v) is 6.14. The Labute approximate surface area is 142 Å². The molecular weight excluding hydrogens is 327 g/mol. The average molecular weight is 343 g/mol. The van der Waals surface area contributed by atoms with E-state index >= 15 is 0 Å². The van der Waals surface area contributed by atoms with Crippen LogP contribution in [-0.4, -0.2) is 10.3 Å². The Kier molecular flexibility index (Phi) is 3.56. The molecule has 6 heteroatoms. The Morgan fingerprint density at radius 3 is 2.68 bits per heavy atom. The van der Waals surface area contributed by atoms with Gasteiger partial charge < -0.3 is 4.57 Å². The van der Waals surface area contributed by atoms with E-state index in [9.17, 15) is 13.2 Å². The average Bonchev–Trinajstić information content (AvgIpc) is 3.13. The van der Waals surface area contributed by atoms with Gasteiger partial charge in [-0.1, -0.05) is 24.3 Å². The van der Waals surface area contributed by atoms with Crippen LogP contribution in [0.2, 0.25) is 0 Å². The number of aromatic nitrogens is 1. The van der Waals surface area contributed by atoms with Crippen molar-refractivity contribution in [2.45, 2.75) is 26.1 Å². The number of benzene rings is 2. The first-order chi connectivity index (χ1) is 11.9. The Morgan fingerprint density at radius 2 is 1.88 bits per heavy atom. The van der Waals surface area contributed by atoms with Gasteiger partial charge in [0.15, 0.2) is 0 Å². The fourth-order valence-corrected chi connectivity index (χ4v) is 3.42. The maximum atomic E-state index is 12.8. The molecule has 3 nitrogen and oxygen atoms in total. The molecule has 0 bridgehead atoms. The zero-order valence-electron chi connectivity index (χ0n) is 13.6. The monoisotopic (exact) mass is 343 g/mol. The fourth-order valence-electron chi connectivity index (χ4n) is 3.42. The minimum absolute atomic E-state index is 0.328. The van der Waals surface area contributed by atoms with E-state index in [1.54, 1.807) is 6.07 Å². The van der Waals surface area contributed by atoms with E-state index in [-0.39, 0.29) is 0 Å². The lowest BCUT2D eigenvalue weighted by atomic mass is 10.1. The highest BCUT2D eigenvalue weighted by Crippen LogP contribution is 2.32. The first-order valence-corrected chi connectivity index (χ1v) is 8.03. The van der Waals surface area contributed by atoms with Gasteiger partial charge in [-0.3, -0.25) is 5.43 Å². The Morgan fingerprint density at radius 1 is 1.08 bits per heavy atom. The van der Waals surface area contributed by atoms with Crippen molar-refractivity contribution in [1.82, 2.24) is 4.57 Å². The van der Waals surface area contributed by atoms with E-state index in [0.29, 0.717) is 5.69 Å². The molecule has 0 unspecified atom stereocenters. The van der Waals surface area contributed by atoms with Gasteiger partial charge in [0.2, 0.25) is 0 Å². The summed E-state index contributed by atoms with van der Waals surface area (Å²) >= 11 is 0. The molecule has 3 aromatic rings. The van der Waals surface area contributed by atoms with Crippen molar-refractivity contribution in [1.29, 1.82) is 0 Å². The molecule has 0 aliphatic carbocycles. The number of hydrazone groups is 1. The number of hydrogen-bond acceptors (Lipinski definition) is 2. The highest BCUT2D eigenvalue weighted by Gasteiger charge is 2.30. The van der Waals surface area contributed by atoms with E-state index in [0.717, 1.165) is 42.1 Å². The van der Waals surface area contributed by atoms with Crippen LogP contribution in [0.4, 0.5) is 18.9 Å². The van der Waals surface area contributed by atoms with Crippen molar-refractivity contribution in [2.24, 2.45) is 5.10 Å². The minimum atomic E-state index is -4.36. The zero-order valence-corrected chi connectivity index (χ0v) is 13.6. The SMILES string of the molecule is Cc1c2n(c3ccccc13)CC/C2=N/Nc1cccc(C(F)(F)F)c1. The van der Waals surface area contributed by atoms with E-state index in [4.69, 9.17) is 0 Å². The Balaban J connectivity index is 1.68. The van der Waals surface area contributed by atoms with Crippen LogP contribution in [0.5, 0.6) is 0 Å². The quantitative estimate of drug-likeness (QED) is 0.638. The van der Waals surface area contributed by atoms with Crippen LogP contribution in [0.15, 0.2) is 53.6 Å². The number of aryl methyl sites for hydroxylation is 2. The molecule has 0 radical (unpaired) electrons. The standard InChI is InChI=1S/C19H16F3N3/c1-12-15-7-2-3-8-17(15)25-10-9-16(18(12)25)24-23-14-6-4-5-13(11-14)19(20,21)22/h2-8,11,23H,9-10H2,1H3/b24-16-. The first kappa shape index (κ1) is 15.7. The van der Waals surface area contributed by atoms with Crippen molar-refractivity contribution in [2.75, 3.05) is 5.43 Å². The molecule has 1 aliphatic rings. The minimum Gasteiger partial charge on any atom is -0.339 e. The van der Waals surface area contributed by atoms with Crippen LogP contribution < -0.4 is 5.43 Å². The summed E-state index contributed by atoms with van der Waals surface area (Å²) in [7, 11) is 0. The summed E-state index contributed by atoms with van der Waals surface area (Å²) in [5.74, 6) is 0. The van der Waals surface area contributed by atoms with Gasteiger partial charge in [0.05, 0.1) is 22.7 Å². The highest BCUT2D eigenvalue weighted by molar-refractivity contribution is 6.07. The molecule has 2 heterocycles. The van der Waals surface area contributed by atoms with Crippen LogP contribution in [0, 0.1) is 6.92 Å². The Hall–Kier alpha value is -2.76. The lowest BCUT2D eigenvalue weighted by Crippen LogP contribution is -2.06. The molecule has 0 fully saturated rings. The van der Waals surface area contributed by atoms with E-state index in [1.165, 1.54) is 17.0 Å². The largest absolute Gasteiger partial charge is 0.416 e. The summed E-state index contributed by atoms with van der Waals surface area (Å²) in [5.41, 5.74) is 6.67. The molecular formula is C19H16F3N3. The number of anilines is 1. The summed E-state index contributed by atoms with van der Waals surface area (Å²) in [6.45, 7) is 2.88. The van der Waals surface area contributed by atoms with Crippen molar-refractivity contribution < 1.29 is 13.2 Å². The number of rotatable bonds is 2. The number of para-hydroxylation sites is 1. The summed E-state index contributed by atoms with van der Waals surface area (Å²) in [4.78, 5) is 0. The summed E-state index contributed by atoms with van der Waals surface area (Å²) < 4.78 is 40.7. The molecule has 1 N–H and O–H groups in total. The van der Waals surface area contributed by atoms with Crippen LogP contribution >= 0.6 is 0 Å². The molecule has 4 rings (SSSR count). The molecule has 128 valence electrons. The summed E-state index contributed by atoms with van der Waals surface area (Å²) in [6, 6.07) is 13.2. The van der Waals surface area contributed by atoms with Gasteiger partial charge in [0, 0.05) is 23.9 Å². The summed E-state index contributed by atoms with van der Waals surface area (Å²) in [6.07, 6.45) is -3.60. The number of nitrogens with zero attached hydrogens (tertiary/aromatic N) is 2. The first-order valence-electron chi connectivity index (χ1n) is 8.03. The lowest BCUT2D eigenvalue weighted by molar-refractivity contribution is -0.137. The normalized spacial score (nSPS) is 15.8. The fraction of sp³-hybridized carbons (Fsp3) is 0.211. The number of alkyl halides is 3. The molecule has 0 saturated heterocycles. The van der Waals surface area contributed by atoms with Crippen molar-refractivity contribution >= 4 is 22.3 Å². The zero-order chi connectivity index (χ0) is 17.6. The smallest absolute Gasteiger partial charge is 0.339 e. The predicted molar refractivity (Wildman–Crippen MR) is 92.9 cm³/mol. The van der Waals surface area contributed by atoms with Crippen molar-refractivity contribution in [3.63, 3.8) is 0 Å². The third-order valence-corrected chi connectivity index (χ3v) is 4.58. The Bertz CT molecular complexity index is 983. The molecule has 0 atom stereocenters. The van der Waals surface area contributed by atoms with Gasteiger partial charge in [-0.15, -0.1) is 0 Å². The van der Waals surface area contributed by atoms with Gasteiger partial charge in [-0.2, -0.15) is 18.3 Å². The van der Waals surface area contributed by atoms with Crippen LogP contribution in [0.25, 0.3) is 10.9 Å². The van der Waals surface area contributed by atoms with E-state index < -0.39 is 11.7 Å². The van der Waals surface area contributed by atoms with Crippen LogP contribution in [0.1, 0.15) is 23.2 Å². The van der Waals surface area contributed by atoms with Crippen molar-refractivity contribution in [3.8, 4) is 0 Å². The van der Waals surface area contributed by atoms with Crippen LogP contribution in [-0.2, 0) is 12.7 Å². The number of nitrogens with one attached hydrogen (secondary N) is 1. The molecule has 2 aromatic carbocycles. The van der Waals surface area contributed by atoms with Gasteiger partial charge in [-0.05, 0) is 36.8 Å². The third kappa shape index (κ3) is 2.67. The molecule has 1 aliphatic heterocycles. The number of fused-ring (bicyclic) bond motifs is 3. The number of halogens is 3. The van der Waals surface area contributed by atoms with Gasteiger partial charge >= 0.3 is 6.18 Å². The molecule has 1 aromatic heterocycles. The van der Waals surface area contributed by atoms with E-state index in [1.807, 2.05) is 12.1 Å². The highest BCUT2D eigenvalue weighted by atomic mass is 19.4. The van der Waals surface area contributed by atoms with Gasteiger partial charge in [0.1, 0.15) is 0 Å².